The van der Waals surface area contributed by atoms with E-state index in [2.05, 4.69) is 91.0 Å². The molecule has 4 rings (SSSR count). The molecule has 3 aromatic rings. The second-order valence-corrected chi connectivity index (χ2v) is 6.89. The fourth-order valence-corrected chi connectivity index (χ4v) is 3.67. The van der Waals surface area contributed by atoms with Gasteiger partial charge in [-0.15, -0.1) is 0 Å². The van der Waals surface area contributed by atoms with Gasteiger partial charge in [0, 0.05) is 0 Å². The molecule has 0 N–H and O–H groups in total. The van der Waals surface area contributed by atoms with Crippen molar-refractivity contribution in [2.24, 2.45) is 5.92 Å². The van der Waals surface area contributed by atoms with E-state index in [0.29, 0.717) is 5.92 Å². The Labute approximate surface area is 150 Å². The quantitative estimate of drug-likeness (QED) is 0.520. The van der Waals surface area contributed by atoms with Crippen LogP contribution < -0.4 is 0 Å². The molecule has 0 aromatic heterocycles. The molecule has 0 bridgehead atoms. The van der Waals surface area contributed by atoms with Crippen LogP contribution in [0.15, 0.2) is 91.0 Å². The van der Waals surface area contributed by atoms with Gasteiger partial charge in [-0.2, -0.15) is 0 Å². The Morgan fingerprint density at radius 1 is 0.640 bits per heavy atom. The lowest BCUT2D eigenvalue weighted by Crippen LogP contribution is -2.35. The first-order valence-electron chi connectivity index (χ1n) is 9.20. The molecular weight excluding hydrogens is 304 g/mol. The molecule has 126 valence electrons. The summed E-state index contributed by atoms with van der Waals surface area (Å²) in [6.45, 7) is 0.804. The van der Waals surface area contributed by atoms with Crippen molar-refractivity contribution in [1.29, 1.82) is 0 Å². The Bertz CT molecular complexity index is 679. The normalized spacial score (nSPS) is 14.9. The predicted molar refractivity (Wildman–Crippen MR) is 103 cm³/mol. The summed E-state index contributed by atoms with van der Waals surface area (Å²) in [7, 11) is 0. The zero-order chi connectivity index (χ0) is 17.0. The van der Waals surface area contributed by atoms with Crippen molar-refractivity contribution < 1.29 is 4.74 Å². The van der Waals surface area contributed by atoms with Gasteiger partial charge in [-0.1, -0.05) is 97.4 Å². The second kappa shape index (κ2) is 7.25. The van der Waals surface area contributed by atoms with Gasteiger partial charge in [-0.05, 0) is 35.4 Å². The standard InChI is InChI=1S/C24H24O/c1-4-13-21(14-5-1)24(22-15-6-2-7-16-22,23-17-8-3-9-18-23)25-19-20-11-10-12-20/h1-9,13-18,20H,10-12,19H2. The first kappa shape index (κ1) is 16.1. The van der Waals surface area contributed by atoms with Gasteiger partial charge in [-0.25, -0.2) is 0 Å². The number of hydrogen-bond donors (Lipinski definition) is 0. The van der Waals surface area contributed by atoms with Crippen LogP contribution in [0.3, 0.4) is 0 Å². The van der Waals surface area contributed by atoms with Crippen molar-refractivity contribution in [3.8, 4) is 0 Å². The Hall–Kier alpha value is -2.38. The van der Waals surface area contributed by atoms with Crippen molar-refractivity contribution in [2.45, 2.75) is 24.9 Å². The van der Waals surface area contributed by atoms with Gasteiger partial charge in [-0.3, -0.25) is 0 Å². The third-order valence-electron chi connectivity index (χ3n) is 5.30. The number of benzene rings is 3. The summed E-state index contributed by atoms with van der Waals surface area (Å²) < 4.78 is 6.79. The van der Waals surface area contributed by atoms with Crippen molar-refractivity contribution in [3.63, 3.8) is 0 Å². The van der Waals surface area contributed by atoms with Crippen LogP contribution in [0.1, 0.15) is 36.0 Å². The van der Waals surface area contributed by atoms with E-state index >= 15 is 0 Å². The average molecular weight is 328 g/mol. The van der Waals surface area contributed by atoms with Crippen LogP contribution in [0.2, 0.25) is 0 Å². The highest BCUT2D eigenvalue weighted by Gasteiger charge is 2.38. The van der Waals surface area contributed by atoms with Gasteiger partial charge < -0.3 is 4.74 Å². The van der Waals surface area contributed by atoms with Gasteiger partial charge >= 0.3 is 0 Å². The Balaban J connectivity index is 1.87. The predicted octanol–water partition coefficient (Wildman–Crippen LogP) is 5.80. The van der Waals surface area contributed by atoms with Gasteiger partial charge in [0.25, 0.3) is 0 Å². The van der Waals surface area contributed by atoms with Gasteiger partial charge in [0.2, 0.25) is 0 Å². The third-order valence-corrected chi connectivity index (χ3v) is 5.30. The van der Waals surface area contributed by atoms with Crippen molar-refractivity contribution >= 4 is 0 Å². The molecule has 1 heteroatoms. The first-order chi connectivity index (χ1) is 12.4. The molecule has 3 aromatic carbocycles. The minimum Gasteiger partial charge on any atom is -0.361 e. The fraction of sp³-hybridized carbons (Fsp3) is 0.250. The molecule has 0 amide bonds. The summed E-state index contributed by atoms with van der Waals surface area (Å²) in [5, 5.41) is 0. The minimum absolute atomic E-state index is 0.556. The molecule has 0 saturated heterocycles. The third kappa shape index (κ3) is 3.12. The summed E-state index contributed by atoms with van der Waals surface area (Å²) in [6, 6.07) is 31.9. The minimum atomic E-state index is -0.556. The molecule has 0 atom stereocenters. The first-order valence-corrected chi connectivity index (χ1v) is 9.20. The van der Waals surface area contributed by atoms with Crippen molar-refractivity contribution in [3.05, 3.63) is 108 Å². The van der Waals surface area contributed by atoms with E-state index in [1.807, 2.05) is 0 Å². The maximum atomic E-state index is 6.79. The summed E-state index contributed by atoms with van der Waals surface area (Å²) in [4.78, 5) is 0. The van der Waals surface area contributed by atoms with E-state index in [1.54, 1.807) is 0 Å². The fourth-order valence-electron chi connectivity index (χ4n) is 3.67. The SMILES string of the molecule is c1ccc(C(OCC2CCC2)(c2ccccc2)c2ccccc2)cc1. The van der Waals surface area contributed by atoms with Crippen LogP contribution in [-0.4, -0.2) is 6.61 Å². The molecule has 1 fully saturated rings. The molecule has 1 aliphatic carbocycles. The lowest BCUT2D eigenvalue weighted by Gasteiger charge is -2.38. The highest BCUT2D eigenvalue weighted by molar-refractivity contribution is 5.47. The summed E-state index contributed by atoms with van der Waals surface area (Å²) in [6.07, 6.45) is 3.91. The molecule has 0 heterocycles. The lowest BCUT2D eigenvalue weighted by molar-refractivity contribution is -0.0229. The van der Waals surface area contributed by atoms with Crippen molar-refractivity contribution in [2.75, 3.05) is 6.61 Å². The van der Waals surface area contributed by atoms with Crippen LogP contribution in [0, 0.1) is 5.92 Å². The Morgan fingerprint density at radius 2 is 1.04 bits per heavy atom. The summed E-state index contributed by atoms with van der Waals surface area (Å²) in [5.74, 6) is 0.690. The van der Waals surface area contributed by atoms with E-state index in [9.17, 15) is 0 Å². The van der Waals surface area contributed by atoms with Gasteiger partial charge in [0.1, 0.15) is 5.60 Å². The lowest BCUT2D eigenvalue weighted by atomic mass is 9.79. The Kier molecular flexibility index (Phi) is 4.67. The van der Waals surface area contributed by atoms with E-state index in [0.717, 1.165) is 6.61 Å². The smallest absolute Gasteiger partial charge is 0.143 e. The second-order valence-electron chi connectivity index (χ2n) is 6.89. The molecule has 1 saturated carbocycles. The van der Waals surface area contributed by atoms with E-state index in [4.69, 9.17) is 4.74 Å². The molecule has 0 radical (unpaired) electrons. The van der Waals surface area contributed by atoms with Gasteiger partial charge in [0.15, 0.2) is 0 Å². The topological polar surface area (TPSA) is 9.23 Å². The molecule has 0 spiro atoms. The van der Waals surface area contributed by atoms with E-state index < -0.39 is 5.60 Å². The number of hydrogen-bond acceptors (Lipinski definition) is 1. The highest BCUT2D eigenvalue weighted by Crippen LogP contribution is 2.41. The molecule has 0 aliphatic heterocycles. The van der Waals surface area contributed by atoms with Crippen LogP contribution in [0.5, 0.6) is 0 Å². The zero-order valence-electron chi connectivity index (χ0n) is 14.5. The largest absolute Gasteiger partial charge is 0.361 e. The Morgan fingerprint density at radius 3 is 1.36 bits per heavy atom. The molecule has 1 nitrogen and oxygen atoms in total. The van der Waals surface area contributed by atoms with Gasteiger partial charge in [0.05, 0.1) is 6.61 Å². The molecule has 25 heavy (non-hydrogen) atoms. The molecule has 0 unspecified atom stereocenters. The average Bonchev–Trinajstić information content (AvgIpc) is 2.66. The summed E-state index contributed by atoms with van der Waals surface area (Å²) in [5.41, 5.74) is 3.00. The molecule has 1 aliphatic rings. The summed E-state index contributed by atoms with van der Waals surface area (Å²) >= 11 is 0. The highest BCUT2D eigenvalue weighted by atomic mass is 16.5. The van der Waals surface area contributed by atoms with Crippen LogP contribution >= 0.6 is 0 Å². The monoisotopic (exact) mass is 328 g/mol. The van der Waals surface area contributed by atoms with Crippen LogP contribution in [0.25, 0.3) is 0 Å². The maximum absolute atomic E-state index is 6.79. The van der Waals surface area contributed by atoms with E-state index in [1.165, 1.54) is 36.0 Å². The van der Waals surface area contributed by atoms with E-state index in [-0.39, 0.29) is 0 Å². The number of rotatable bonds is 6. The number of ether oxygens (including phenoxy) is 1. The molecular formula is C24H24O. The van der Waals surface area contributed by atoms with Crippen LogP contribution in [-0.2, 0) is 10.3 Å². The zero-order valence-corrected chi connectivity index (χ0v) is 14.5. The maximum Gasteiger partial charge on any atom is 0.143 e. The van der Waals surface area contributed by atoms with Crippen molar-refractivity contribution in [1.82, 2.24) is 0 Å². The van der Waals surface area contributed by atoms with Crippen LogP contribution in [0.4, 0.5) is 0 Å².